The molecule has 22 valence electrons. The average Bonchev–Trinajstić information content (AvgIpc) is 1.00. The van der Waals surface area contributed by atoms with Gasteiger partial charge in [0, 0.05) is 22.8 Å². The molecule has 0 heterocycles. The molecule has 4 radical (unpaired) electrons. The predicted octanol–water partition coefficient (Wildman–Crippen LogP) is -0.518. The van der Waals surface area contributed by atoms with E-state index in [1.165, 1.54) is 0 Å². The molecular formula is CCrO2. The fourth-order valence-electron chi connectivity index (χ4n) is 0. The molecule has 2 nitrogen and oxygen atoms in total. The molecule has 0 N–H and O–H groups in total. The van der Waals surface area contributed by atoms with Crippen molar-refractivity contribution < 1.29 is 27.6 Å². The molecule has 0 saturated heterocycles. The smallest absolute Gasteiger partial charge is 0.281 e. The van der Waals surface area contributed by atoms with E-state index in [1.807, 2.05) is 0 Å². The van der Waals surface area contributed by atoms with Crippen molar-refractivity contribution in [2.75, 3.05) is 0 Å². The Morgan fingerprint density at radius 3 is 1.25 bits per heavy atom. The van der Waals surface area contributed by atoms with Crippen LogP contribution in [0, 0.1) is 0 Å². The first-order valence-electron chi connectivity index (χ1n) is 0.204. The summed E-state index contributed by atoms with van der Waals surface area (Å²) in [5.41, 5.74) is 0. The Bertz CT molecular complexity index is 6.00. The SMILES string of the molecule is [C]=O.[Cr].[O]. The van der Waals surface area contributed by atoms with Gasteiger partial charge in [0.25, 0.3) is 6.79 Å². The molecule has 0 aliphatic carbocycles. The third kappa shape index (κ3) is 111. The van der Waals surface area contributed by atoms with Crippen molar-refractivity contribution in [2.45, 2.75) is 0 Å². The standard InChI is InChI=1S/CO.Cr.O/c1-2;;. The van der Waals surface area contributed by atoms with Crippen LogP contribution in [-0.4, -0.2) is 6.79 Å². The van der Waals surface area contributed by atoms with Crippen molar-refractivity contribution in [3.05, 3.63) is 0 Å². The van der Waals surface area contributed by atoms with Gasteiger partial charge in [0.15, 0.2) is 0 Å². The second-order valence-corrected chi connectivity index (χ2v) is 0. The van der Waals surface area contributed by atoms with Crippen molar-refractivity contribution in [1.29, 1.82) is 0 Å². The van der Waals surface area contributed by atoms with Crippen LogP contribution in [0.1, 0.15) is 0 Å². The molecule has 0 atom stereocenters. The van der Waals surface area contributed by atoms with Crippen molar-refractivity contribution in [1.82, 2.24) is 0 Å². The Morgan fingerprint density at radius 2 is 1.25 bits per heavy atom. The molecule has 4 heavy (non-hydrogen) atoms. The predicted molar refractivity (Wildman–Crippen MR) is 6.38 cm³/mol. The zero-order valence-corrected chi connectivity index (χ0v) is 3.00. The van der Waals surface area contributed by atoms with Gasteiger partial charge in [-0.1, -0.05) is 0 Å². The van der Waals surface area contributed by atoms with Gasteiger partial charge >= 0.3 is 0 Å². The van der Waals surface area contributed by atoms with E-state index >= 15 is 0 Å². The molecular weight excluding hydrogens is 96.0 g/mol. The monoisotopic (exact) mass is 95.9 g/mol. The fourth-order valence-corrected chi connectivity index (χ4v) is 0. The Morgan fingerprint density at radius 1 is 1.25 bits per heavy atom. The first kappa shape index (κ1) is 30.8. The van der Waals surface area contributed by atoms with Crippen molar-refractivity contribution in [3.8, 4) is 0 Å². The Hall–Kier alpha value is 0.162. The quantitative estimate of drug-likeness (QED) is 0.400. The van der Waals surface area contributed by atoms with Crippen LogP contribution in [0.3, 0.4) is 0 Å². The van der Waals surface area contributed by atoms with Crippen molar-refractivity contribution in [2.24, 2.45) is 0 Å². The van der Waals surface area contributed by atoms with E-state index in [-0.39, 0.29) is 22.8 Å². The third-order valence-electron chi connectivity index (χ3n) is 0. The van der Waals surface area contributed by atoms with Gasteiger partial charge < -0.3 is 0 Å². The summed E-state index contributed by atoms with van der Waals surface area (Å²) < 4.78 is 0. The molecule has 0 aromatic heterocycles. The number of hydrogen-bond donors (Lipinski definition) is 0. The van der Waals surface area contributed by atoms with Crippen LogP contribution >= 0.6 is 0 Å². The minimum Gasteiger partial charge on any atom is -0.281 e. The largest absolute Gasteiger partial charge is 0.281 e. The van der Waals surface area contributed by atoms with E-state index in [4.69, 9.17) is 4.79 Å². The molecule has 0 rings (SSSR count). The van der Waals surface area contributed by atoms with Crippen molar-refractivity contribution in [3.63, 3.8) is 0 Å². The van der Waals surface area contributed by atoms with Gasteiger partial charge in [-0.3, -0.25) is 4.79 Å². The summed E-state index contributed by atoms with van der Waals surface area (Å²) >= 11 is 0. The number of carbonyl (C=O) groups excluding carboxylic acids is 1. The van der Waals surface area contributed by atoms with Gasteiger partial charge in [-0.05, 0) is 0 Å². The summed E-state index contributed by atoms with van der Waals surface area (Å²) in [7, 11) is 0. The molecule has 0 bridgehead atoms. The normalized spacial score (nSPS) is 1.00. The van der Waals surface area contributed by atoms with Gasteiger partial charge in [-0.2, -0.15) is 0 Å². The summed E-state index contributed by atoms with van der Waals surface area (Å²) in [5, 5.41) is 0. The van der Waals surface area contributed by atoms with Crippen LogP contribution in [0.2, 0.25) is 0 Å². The van der Waals surface area contributed by atoms with Crippen LogP contribution in [0.25, 0.3) is 0 Å². The summed E-state index contributed by atoms with van der Waals surface area (Å²) in [6.45, 7) is 4.50. The van der Waals surface area contributed by atoms with E-state index in [1.54, 1.807) is 0 Å². The Labute approximate surface area is 35.3 Å². The van der Waals surface area contributed by atoms with Crippen LogP contribution in [0.4, 0.5) is 0 Å². The van der Waals surface area contributed by atoms with E-state index in [2.05, 4.69) is 6.79 Å². The molecule has 0 aliphatic heterocycles. The van der Waals surface area contributed by atoms with Crippen LogP contribution in [0.15, 0.2) is 0 Å². The fraction of sp³-hybridized carbons (Fsp3) is 0. The Balaban J connectivity index is -0.00000000500. The maximum atomic E-state index is 7.50. The molecule has 0 aromatic carbocycles. The minimum absolute atomic E-state index is 0. The van der Waals surface area contributed by atoms with Gasteiger partial charge in [0.1, 0.15) is 0 Å². The maximum Gasteiger partial charge on any atom is 0.281 e. The number of rotatable bonds is 0. The topological polar surface area (TPSA) is 45.6 Å². The second kappa shape index (κ2) is 560. The van der Waals surface area contributed by atoms with E-state index in [0.717, 1.165) is 0 Å². The summed E-state index contributed by atoms with van der Waals surface area (Å²) in [4.78, 5) is 7.50. The van der Waals surface area contributed by atoms with Crippen LogP contribution in [0.5, 0.6) is 0 Å². The van der Waals surface area contributed by atoms with Gasteiger partial charge in [-0.15, -0.1) is 0 Å². The second-order valence-electron chi connectivity index (χ2n) is 0. The summed E-state index contributed by atoms with van der Waals surface area (Å²) in [6, 6.07) is 0. The molecule has 0 amide bonds. The van der Waals surface area contributed by atoms with E-state index in [9.17, 15) is 0 Å². The molecule has 0 unspecified atom stereocenters. The first-order chi connectivity index (χ1) is 1.00. The van der Waals surface area contributed by atoms with Crippen molar-refractivity contribution >= 4 is 6.79 Å². The number of hydrogen-bond acceptors (Lipinski definition) is 1. The van der Waals surface area contributed by atoms with Gasteiger partial charge in [0.05, 0.1) is 0 Å². The zero-order chi connectivity index (χ0) is 2.00. The van der Waals surface area contributed by atoms with E-state index in [0.29, 0.717) is 0 Å². The molecule has 0 spiro atoms. The van der Waals surface area contributed by atoms with Crippen LogP contribution < -0.4 is 0 Å². The van der Waals surface area contributed by atoms with Crippen LogP contribution in [-0.2, 0) is 27.6 Å². The first-order valence-corrected chi connectivity index (χ1v) is 0.204. The molecule has 0 fully saturated rings. The molecule has 0 aromatic rings. The third-order valence-corrected chi connectivity index (χ3v) is 0. The zero-order valence-electron chi connectivity index (χ0n) is 1.72. The summed E-state index contributed by atoms with van der Waals surface area (Å²) in [5.74, 6) is 0. The van der Waals surface area contributed by atoms with E-state index < -0.39 is 0 Å². The average molecular weight is 96.0 g/mol. The maximum absolute atomic E-state index is 7.50. The minimum atomic E-state index is 0. The van der Waals surface area contributed by atoms with Gasteiger partial charge in [0.2, 0.25) is 0 Å². The molecule has 3 heteroatoms. The van der Waals surface area contributed by atoms with Gasteiger partial charge in [-0.25, -0.2) is 0 Å². The molecule has 0 saturated carbocycles. The Kier molecular flexibility index (Phi) is 4310. The molecule has 0 aliphatic rings. The summed E-state index contributed by atoms with van der Waals surface area (Å²) in [6.07, 6.45) is 0.